The van der Waals surface area contributed by atoms with Gasteiger partial charge in [-0.1, -0.05) is 26.0 Å². The first kappa shape index (κ1) is 26.4. The van der Waals surface area contributed by atoms with E-state index in [0.29, 0.717) is 22.5 Å². The summed E-state index contributed by atoms with van der Waals surface area (Å²) in [5.41, 5.74) is 1.80. The number of carboxylic acid groups (broad SMARTS) is 1. The molecule has 2 rings (SSSR count). The summed E-state index contributed by atoms with van der Waals surface area (Å²) >= 11 is 0. The number of aliphatic hydroxyl groups excluding tert-OH is 2. The zero-order valence-corrected chi connectivity index (χ0v) is 19.6. The smallest absolute Gasteiger partial charge is 0.305 e. The van der Waals surface area contributed by atoms with Gasteiger partial charge in [0.2, 0.25) is 16.0 Å². The highest BCUT2D eigenvalue weighted by molar-refractivity contribution is 7.92. The quantitative estimate of drug-likeness (QED) is 0.470. The summed E-state index contributed by atoms with van der Waals surface area (Å²) in [6, 6.07) is 5.49. The molecule has 11 heteroatoms. The molecule has 0 saturated carbocycles. The first-order valence-electron chi connectivity index (χ1n) is 10.2. The van der Waals surface area contributed by atoms with Gasteiger partial charge in [-0.15, -0.1) is 0 Å². The number of hydrogen-bond acceptors (Lipinski definition) is 7. The minimum Gasteiger partial charge on any atom is -0.481 e. The summed E-state index contributed by atoms with van der Waals surface area (Å²) in [6.07, 6.45) is 0.860. The van der Waals surface area contributed by atoms with Crippen LogP contribution in [0.5, 0.6) is 0 Å². The number of aromatic nitrogens is 2. The Morgan fingerprint density at radius 3 is 2.30 bits per heavy atom. The van der Waals surface area contributed by atoms with Gasteiger partial charge in [0.05, 0.1) is 36.3 Å². The van der Waals surface area contributed by atoms with Crippen LogP contribution in [-0.4, -0.2) is 65.2 Å². The highest BCUT2D eigenvalue weighted by Crippen LogP contribution is 2.31. The molecule has 0 aliphatic carbocycles. The van der Waals surface area contributed by atoms with Crippen molar-refractivity contribution in [1.82, 2.24) is 9.97 Å². The number of carbonyl (C=O) groups is 1. The van der Waals surface area contributed by atoms with Gasteiger partial charge in [-0.3, -0.25) is 4.79 Å². The summed E-state index contributed by atoms with van der Waals surface area (Å²) in [5, 5.41) is 28.8. The molecule has 180 valence electrons. The lowest BCUT2D eigenvalue weighted by Crippen LogP contribution is -2.27. The van der Waals surface area contributed by atoms with Gasteiger partial charge in [-0.2, -0.15) is 0 Å². The molecule has 0 aliphatic rings. The lowest BCUT2D eigenvalue weighted by atomic mass is 9.97. The second-order valence-corrected chi connectivity index (χ2v) is 9.99. The van der Waals surface area contributed by atoms with Crippen molar-refractivity contribution in [1.29, 1.82) is 0 Å². The van der Waals surface area contributed by atoms with Crippen LogP contribution in [-0.2, 0) is 14.8 Å². The van der Waals surface area contributed by atoms with Crippen LogP contribution < -0.4 is 4.31 Å². The summed E-state index contributed by atoms with van der Waals surface area (Å²) in [7, 11) is -2.33. The van der Waals surface area contributed by atoms with Crippen molar-refractivity contribution in [3.8, 4) is 11.3 Å². The Balaban J connectivity index is 2.61. The van der Waals surface area contributed by atoms with E-state index in [2.05, 4.69) is 9.97 Å². The van der Waals surface area contributed by atoms with Crippen LogP contribution in [0.15, 0.2) is 30.3 Å². The van der Waals surface area contributed by atoms with E-state index in [1.165, 1.54) is 43.5 Å². The molecule has 1 heterocycles. The average Bonchev–Trinajstić information content (AvgIpc) is 2.70. The normalized spacial score (nSPS) is 13.9. The van der Waals surface area contributed by atoms with Crippen LogP contribution in [0, 0.1) is 5.82 Å². The van der Waals surface area contributed by atoms with E-state index in [4.69, 9.17) is 5.11 Å². The number of aliphatic carboxylic acids is 1. The summed E-state index contributed by atoms with van der Waals surface area (Å²) in [5.74, 6) is -1.87. The molecule has 0 radical (unpaired) electrons. The third-order valence-electron chi connectivity index (χ3n) is 4.82. The molecular weight excluding hydrogens is 453 g/mol. The lowest BCUT2D eigenvalue weighted by molar-refractivity contribution is -0.139. The second-order valence-electron chi connectivity index (χ2n) is 7.98. The third-order valence-corrected chi connectivity index (χ3v) is 5.97. The predicted octanol–water partition coefficient (Wildman–Crippen LogP) is 2.40. The van der Waals surface area contributed by atoms with Crippen LogP contribution in [0.25, 0.3) is 17.3 Å². The molecule has 0 spiro atoms. The number of aliphatic hydroxyl groups is 2. The first-order chi connectivity index (χ1) is 15.3. The lowest BCUT2D eigenvalue weighted by Gasteiger charge is -2.20. The van der Waals surface area contributed by atoms with Crippen molar-refractivity contribution < 1.29 is 32.9 Å². The van der Waals surface area contributed by atoms with Crippen molar-refractivity contribution in [2.75, 3.05) is 17.6 Å². The van der Waals surface area contributed by atoms with E-state index in [1.807, 2.05) is 13.8 Å². The SMILES string of the molecule is CC(C)c1nc(N(C)S(C)(=O)=O)nc(-c2ccc(F)cc2)c1C=C[C@@H](O)C[C@H](O)CC(=O)O. The van der Waals surface area contributed by atoms with Crippen LogP contribution in [0.3, 0.4) is 0 Å². The number of nitrogens with zero attached hydrogens (tertiary/aromatic N) is 3. The van der Waals surface area contributed by atoms with Gasteiger partial charge in [0.15, 0.2) is 0 Å². The maximum atomic E-state index is 13.5. The molecule has 2 aromatic rings. The number of halogens is 1. The maximum Gasteiger partial charge on any atom is 0.305 e. The zero-order chi connectivity index (χ0) is 24.9. The number of hydrogen-bond donors (Lipinski definition) is 3. The molecule has 3 N–H and O–H groups in total. The van der Waals surface area contributed by atoms with Gasteiger partial charge in [0.1, 0.15) is 5.82 Å². The summed E-state index contributed by atoms with van der Waals surface area (Å²) in [4.78, 5) is 19.6. The van der Waals surface area contributed by atoms with Crippen LogP contribution in [0.2, 0.25) is 0 Å². The number of sulfonamides is 1. The van der Waals surface area contributed by atoms with Crippen molar-refractivity contribution in [3.63, 3.8) is 0 Å². The molecule has 33 heavy (non-hydrogen) atoms. The Morgan fingerprint density at radius 1 is 1.18 bits per heavy atom. The Morgan fingerprint density at radius 2 is 1.79 bits per heavy atom. The van der Waals surface area contributed by atoms with E-state index in [-0.39, 0.29) is 18.3 Å². The standard InChI is InChI=1S/C22H28FN3O6S/c1-13(2)20-18(10-9-16(27)11-17(28)12-19(29)30)21(14-5-7-15(23)8-6-14)25-22(24-20)26(3)33(4,31)32/h5-10,13,16-17,27-28H,11-12H2,1-4H3,(H,29,30)/t16-,17+/m1/s1. The average molecular weight is 482 g/mol. The molecule has 0 fully saturated rings. The molecule has 0 unspecified atom stereocenters. The fraction of sp³-hybridized carbons (Fsp3) is 0.409. The minimum atomic E-state index is -3.65. The number of benzene rings is 1. The Labute approximate surface area is 192 Å². The number of anilines is 1. The van der Waals surface area contributed by atoms with Crippen LogP contribution in [0.1, 0.15) is 43.9 Å². The fourth-order valence-electron chi connectivity index (χ4n) is 3.05. The Hall–Kier alpha value is -2.89. The van der Waals surface area contributed by atoms with Gasteiger partial charge in [0.25, 0.3) is 0 Å². The van der Waals surface area contributed by atoms with E-state index in [1.54, 1.807) is 0 Å². The highest BCUT2D eigenvalue weighted by Gasteiger charge is 2.22. The van der Waals surface area contributed by atoms with Crippen LogP contribution >= 0.6 is 0 Å². The number of rotatable bonds is 10. The largest absolute Gasteiger partial charge is 0.481 e. The van der Waals surface area contributed by atoms with E-state index < -0.39 is 40.4 Å². The molecular formula is C22H28FN3O6S. The van der Waals surface area contributed by atoms with Crippen molar-refractivity contribution in [3.05, 3.63) is 47.4 Å². The van der Waals surface area contributed by atoms with Gasteiger partial charge in [0, 0.05) is 24.6 Å². The van der Waals surface area contributed by atoms with Gasteiger partial charge in [-0.05, 0) is 30.2 Å². The summed E-state index contributed by atoms with van der Waals surface area (Å²) in [6.45, 7) is 3.71. The molecule has 0 bridgehead atoms. The Bertz CT molecular complexity index is 1120. The molecule has 0 amide bonds. The van der Waals surface area contributed by atoms with Crippen molar-refractivity contribution in [2.24, 2.45) is 0 Å². The summed E-state index contributed by atoms with van der Waals surface area (Å²) < 4.78 is 38.6. The van der Waals surface area contributed by atoms with Crippen molar-refractivity contribution >= 4 is 28.0 Å². The van der Waals surface area contributed by atoms with Crippen LogP contribution in [0.4, 0.5) is 10.3 Å². The fourth-order valence-corrected chi connectivity index (χ4v) is 3.42. The second kappa shape index (κ2) is 10.8. The number of carboxylic acids is 1. The zero-order valence-electron chi connectivity index (χ0n) is 18.8. The van der Waals surface area contributed by atoms with Gasteiger partial charge in [-0.25, -0.2) is 27.1 Å². The first-order valence-corrected chi connectivity index (χ1v) is 12.0. The van der Waals surface area contributed by atoms with E-state index in [0.717, 1.165) is 10.6 Å². The molecule has 0 saturated heterocycles. The predicted molar refractivity (Wildman–Crippen MR) is 123 cm³/mol. The minimum absolute atomic E-state index is 0.0601. The van der Waals surface area contributed by atoms with Crippen molar-refractivity contribution in [2.45, 2.75) is 44.8 Å². The molecule has 2 atom stereocenters. The molecule has 0 aliphatic heterocycles. The molecule has 9 nitrogen and oxygen atoms in total. The molecule has 1 aromatic heterocycles. The monoisotopic (exact) mass is 481 g/mol. The van der Waals surface area contributed by atoms with E-state index >= 15 is 0 Å². The van der Waals surface area contributed by atoms with Gasteiger partial charge >= 0.3 is 5.97 Å². The molecule has 1 aromatic carbocycles. The topological polar surface area (TPSA) is 141 Å². The highest BCUT2D eigenvalue weighted by atomic mass is 32.2. The Kier molecular flexibility index (Phi) is 8.64. The maximum absolute atomic E-state index is 13.5. The van der Waals surface area contributed by atoms with E-state index in [9.17, 15) is 27.8 Å². The third kappa shape index (κ3) is 7.31. The van der Waals surface area contributed by atoms with Gasteiger partial charge < -0.3 is 15.3 Å².